The smallest absolute Gasteiger partial charge is 0.361 e. The highest BCUT2D eigenvalue weighted by Gasteiger charge is 2.20. The van der Waals surface area contributed by atoms with E-state index in [1.165, 1.54) is 5.56 Å². The molecule has 0 unspecified atom stereocenters. The highest BCUT2D eigenvalue weighted by atomic mass is 79.9. The lowest BCUT2D eigenvalue weighted by Crippen LogP contribution is -3.00. The van der Waals surface area contributed by atoms with Crippen molar-refractivity contribution in [3.63, 3.8) is 0 Å². The van der Waals surface area contributed by atoms with E-state index < -0.39 is 0 Å². The van der Waals surface area contributed by atoms with E-state index in [1.54, 1.807) is 0 Å². The number of halogens is 1. The Morgan fingerprint density at radius 3 is 1.16 bits per heavy atom. The summed E-state index contributed by atoms with van der Waals surface area (Å²) in [4.78, 5) is 0. The van der Waals surface area contributed by atoms with Gasteiger partial charge in [0.1, 0.15) is 0 Å². The van der Waals surface area contributed by atoms with Crippen molar-refractivity contribution in [3.05, 3.63) is 103 Å². The van der Waals surface area contributed by atoms with Gasteiger partial charge in [-0.25, -0.2) is 4.42 Å². The average molecular weight is 389 g/mol. The number of hydrogen-bond acceptors (Lipinski definition) is 0. The summed E-state index contributed by atoms with van der Waals surface area (Å²) >= 11 is 0. The lowest BCUT2D eigenvalue weighted by Gasteiger charge is -2.02. The Balaban J connectivity index is 0.00000182. The van der Waals surface area contributed by atoms with Crippen molar-refractivity contribution in [3.8, 4) is 33.8 Å². The highest BCUT2D eigenvalue weighted by Crippen LogP contribution is 2.32. The third kappa shape index (κ3) is 3.86. The van der Waals surface area contributed by atoms with Crippen LogP contribution < -0.4 is 17.0 Å². The molecule has 4 aromatic rings. The first kappa shape index (κ1) is 17.1. The Kier molecular flexibility index (Phi) is 5.42. The lowest BCUT2D eigenvalue weighted by atomic mass is 10.0. The molecule has 0 fully saturated rings. The summed E-state index contributed by atoms with van der Waals surface area (Å²) in [5.74, 6) is 1.74. The zero-order valence-corrected chi connectivity index (χ0v) is 15.2. The van der Waals surface area contributed by atoms with Gasteiger partial charge in [-0.1, -0.05) is 66.7 Å². The SMILES string of the molecule is [Br-].c1ccc(-c2cc(-c3ccccc3)[o+]c(-c3ccccc3)c2)cc1. The molecule has 0 saturated heterocycles. The first-order valence-electron chi connectivity index (χ1n) is 8.04. The topological polar surface area (TPSA) is 11.3 Å². The number of hydrogen-bond donors (Lipinski definition) is 0. The fraction of sp³-hybridized carbons (Fsp3) is 0. The molecule has 0 amide bonds. The first-order chi connectivity index (χ1) is 11.9. The van der Waals surface area contributed by atoms with E-state index >= 15 is 0 Å². The van der Waals surface area contributed by atoms with Crippen LogP contribution in [0.1, 0.15) is 0 Å². The zero-order chi connectivity index (χ0) is 16.2. The van der Waals surface area contributed by atoms with E-state index in [4.69, 9.17) is 4.42 Å². The van der Waals surface area contributed by atoms with E-state index in [0.717, 1.165) is 28.2 Å². The molecule has 4 rings (SSSR count). The Labute approximate surface area is 158 Å². The monoisotopic (exact) mass is 388 g/mol. The average Bonchev–Trinajstić information content (AvgIpc) is 2.70. The maximum atomic E-state index is 6.21. The maximum Gasteiger partial charge on any atom is 0.361 e. The van der Waals surface area contributed by atoms with Crippen molar-refractivity contribution in [2.45, 2.75) is 0 Å². The molecule has 1 aromatic heterocycles. The van der Waals surface area contributed by atoms with Crippen LogP contribution in [-0.2, 0) is 0 Å². The molecule has 2 heteroatoms. The van der Waals surface area contributed by atoms with E-state index in [2.05, 4.69) is 60.7 Å². The van der Waals surface area contributed by atoms with Gasteiger partial charge < -0.3 is 17.0 Å². The van der Waals surface area contributed by atoms with Gasteiger partial charge in [0.2, 0.25) is 0 Å². The summed E-state index contributed by atoms with van der Waals surface area (Å²) in [6.07, 6.45) is 0. The quantitative estimate of drug-likeness (QED) is 0.488. The van der Waals surface area contributed by atoms with Crippen LogP contribution in [0.4, 0.5) is 0 Å². The van der Waals surface area contributed by atoms with Crippen LogP contribution in [0.25, 0.3) is 33.8 Å². The fourth-order valence-corrected chi connectivity index (χ4v) is 2.79. The molecule has 0 aliphatic heterocycles. The summed E-state index contributed by atoms with van der Waals surface area (Å²) < 4.78 is 6.21. The standard InChI is InChI=1S/C23H17O.BrH/c1-4-10-18(11-5-1)21-16-22(19-12-6-2-7-13-19)24-23(17-21)20-14-8-3-9-15-20;/h1-17H;1H/q+1;/p-1. The minimum Gasteiger partial charge on any atom is -1.00 e. The van der Waals surface area contributed by atoms with Crippen LogP contribution in [0, 0.1) is 0 Å². The molecule has 122 valence electrons. The third-order valence-corrected chi connectivity index (χ3v) is 4.02. The van der Waals surface area contributed by atoms with Gasteiger partial charge in [-0.05, 0) is 29.8 Å². The van der Waals surface area contributed by atoms with E-state index in [1.807, 2.05) is 42.5 Å². The number of benzene rings is 3. The van der Waals surface area contributed by atoms with E-state index in [-0.39, 0.29) is 17.0 Å². The molecule has 0 aliphatic carbocycles. The highest BCUT2D eigenvalue weighted by molar-refractivity contribution is 5.74. The normalized spacial score (nSPS) is 10.1. The molecular formula is C23H17BrO. The fourth-order valence-electron chi connectivity index (χ4n) is 2.79. The zero-order valence-electron chi connectivity index (χ0n) is 13.6. The van der Waals surface area contributed by atoms with Crippen LogP contribution in [0.15, 0.2) is 108 Å². The van der Waals surface area contributed by atoms with Crippen LogP contribution in [0.5, 0.6) is 0 Å². The Hall–Kier alpha value is -2.71. The van der Waals surface area contributed by atoms with Gasteiger partial charge >= 0.3 is 11.5 Å². The van der Waals surface area contributed by atoms with Crippen molar-refractivity contribution in [1.29, 1.82) is 0 Å². The van der Waals surface area contributed by atoms with Gasteiger partial charge in [-0.15, -0.1) is 0 Å². The van der Waals surface area contributed by atoms with Gasteiger partial charge in [-0.2, -0.15) is 0 Å². The molecule has 0 radical (unpaired) electrons. The van der Waals surface area contributed by atoms with Gasteiger partial charge in [0.25, 0.3) is 0 Å². The Bertz CT molecular complexity index is 796. The number of rotatable bonds is 3. The molecule has 0 bridgehead atoms. The third-order valence-electron chi connectivity index (χ3n) is 4.02. The Morgan fingerprint density at radius 2 is 0.760 bits per heavy atom. The first-order valence-corrected chi connectivity index (χ1v) is 8.04. The molecular weight excluding hydrogens is 372 g/mol. The van der Waals surface area contributed by atoms with Crippen molar-refractivity contribution in [1.82, 2.24) is 0 Å². The molecule has 1 heterocycles. The minimum absolute atomic E-state index is 0. The second kappa shape index (κ2) is 7.91. The van der Waals surface area contributed by atoms with Crippen molar-refractivity contribution >= 4 is 0 Å². The molecule has 0 aliphatic rings. The lowest BCUT2D eigenvalue weighted by molar-refractivity contribution is -0.00000511. The molecule has 3 aromatic carbocycles. The van der Waals surface area contributed by atoms with Crippen molar-refractivity contribution in [2.24, 2.45) is 0 Å². The predicted molar refractivity (Wildman–Crippen MR) is 99.4 cm³/mol. The maximum absolute atomic E-state index is 6.21. The molecule has 0 spiro atoms. The van der Waals surface area contributed by atoms with E-state index in [0.29, 0.717) is 0 Å². The van der Waals surface area contributed by atoms with Gasteiger partial charge in [-0.3, -0.25) is 0 Å². The molecule has 0 saturated carbocycles. The van der Waals surface area contributed by atoms with Gasteiger partial charge in [0.15, 0.2) is 0 Å². The van der Waals surface area contributed by atoms with Crippen molar-refractivity contribution in [2.75, 3.05) is 0 Å². The summed E-state index contributed by atoms with van der Waals surface area (Å²) in [5.41, 5.74) is 4.49. The molecule has 0 atom stereocenters. The van der Waals surface area contributed by atoms with Crippen LogP contribution in [-0.4, -0.2) is 0 Å². The minimum atomic E-state index is 0. The second-order valence-electron chi connectivity index (χ2n) is 5.67. The van der Waals surface area contributed by atoms with Gasteiger partial charge in [0, 0.05) is 5.56 Å². The molecule has 0 N–H and O–H groups in total. The van der Waals surface area contributed by atoms with Crippen LogP contribution in [0.3, 0.4) is 0 Å². The summed E-state index contributed by atoms with van der Waals surface area (Å²) in [7, 11) is 0. The molecule has 25 heavy (non-hydrogen) atoms. The van der Waals surface area contributed by atoms with Crippen molar-refractivity contribution < 1.29 is 21.4 Å². The second-order valence-corrected chi connectivity index (χ2v) is 5.67. The van der Waals surface area contributed by atoms with E-state index in [9.17, 15) is 0 Å². The molecule has 1 nitrogen and oxygen atoms in total. The van der Waals surface area contributed by atoms with Crippen LogP contribution in [0.2, 0.25) is 0 Å². The summed E-state index contributed by atoms with van der Waals surface area (Å²) in [6, 6.07) is 35.1. The van der Waals surface area contributed by atoms with Crippen LogP contribution >= 0.6 is 0 Å². The summed E-state index contributed by atoms with van der Waals surface area (Å²) in [6.45, 7) is 0. The predicted octanol–water partition coefficient (Wildman–Crippen LogP) is 3.57. The summed E-state index contributed by atoms with van der Waals surface area (Å²) in [5, 5.41) is 0. The Morgan fingerprint density at radius 1 is 0.400 bits per heavy atom. The largest absolute Gasteiger partial charge is 1.00 e. The van der Waals surface area contributed by atoms with Gasteiger partial charge in [0.05, 0.1) is 23.3 Å².